The number of nitrogens with one attached hydrogen (secondary N) is 5. The van der Waals surface area contributed by atoms with Crippen LogP contribution in [0.25, 0.3) is 165 Å². The maximum absolute atomic E-state index is 12.6. The summed E-state index contributed by atoms with van der Waals surface area (Å²) in [5, 5.41) is 1.99. The lowest BCUT2D eigenvalue weighted by atomic mass is 10.0. The van der Waals surface area contributed by atoms with Crippen molar-refractivity contribution in [2.45, 2.75) is 55.4 Å². The molecule has 0 aliphatic rings. The Bertz CT molecular complexity index is 7650. The molecule has 5 N–H and O–H groups in total. The summed E-state index contributed by atoms with van der Waals surface area (Å²) in [6.45, 7) is 16.9. The van der Waals surface area contributed by atoms with Crippen LogP contribution in [0.5, 0.6) is 11.8 Å². The van der Waals surface area contributed by atoms with Crippen LogP contribution in [-0.2, 0) is 35.2 Å². The molecule has 34 heteroatoms. The van der Waals surface area contributed by atoms with E-state index in [0.717, 1.165) is 91.7 Å². The van der Waals surface area contributed by atoms with E-state index in [1.165, 1.54) is 67.8 Å². The number of pyridine rings is 2. The van der Waals surface area contributed by atoms with Crippen molar-refractivity contribution in [3.63, 3.8) is 0 Å². The van der Waals surface area contributed by atoms with Gasteiger partial charge >= 0.3 is 0 Å². The number of nitrogens with zero attached hydrogens (tertiary/aromatic N) is 17. The Balaban J connectivity index is 0.000000114. The topological polar surface area (TPSA) is 362 Å². The van der Waals surface area contributed by atoms with Gasteiger partial charge in [-0.25, -0.2) is 59.8 Å². The fraction of sp³-hybridized carbons (Fsp3) is 0.180. The quantitative estimate of drug-likeness (QED) is 0.0675. The second kappa shape index (κ2) is 34.9. The summed E-state index contributed by atoms with van der Waals surface area (Å²) in [6, 6.07) is 34.1. The zero-order valence-corrected chi connectivity index (χ0v) is 73.2. The molecule has 3 aromatic carbocycles. The first kappa shape index (κ1) is 82.5. The average Bonchev–Trinajstić information content (AvgIpc) is 1.62. The van der Waals surface area contributed by atoms with Crippen molar-refractivity contribution >= 4 is 108 Å². The summed E-state index contributed by atoms with van der Waals surface area (Å²) in [5.74, 6) is 7.11. The molecule has 0 unspecified atom stereocenters. The number of aromatic nitrogens is 22. The second-order valence-electron chi connectivity index (χ2n) is 29.3. The maximum atomic E-state index is 12.6. The Morgan fingerprint density at radius 2 is 0.683 bits per heavy atom. The van der Waals surface area contributed by atoms with Gasteiger partial charge in [0.05, 0.1) is 41.3 Å². The van der Waals surface area contributed by atoms with Gasteiger partial charge < -0.3 is 57.2 Å². The number of aromatic amines is 5. The van der Waals surface area contributed by atoms with E-state index in [1.807, 2.05) is 189 Å². The Morgan fingerprint density at radius 1 is 0.358 bits per heavy atom. The number of fused-ring (bicyclic) bond motifs is 5. The second-order valence-corrected chi connectivity index (χ2v) is 35.1. The van der Waals surface area contributed by atoms with Crippen molar-refractivity contribution in [3.8, 4) is 126 Å². The van der Waals surface area contributed by atoms with E-state index in [-0.39, 0.29) is 27.8 Å². The molecule has 0 atom stereocenters. The first-order valence-corrected chi connectivity index (χ1v) is 42.8. The fourth-order valence-corrected chi connectivity index (χ4v) is 19.1. The van der Waals surface area contributed by atoms with Gasteiger partial charge in [0.2, 0.25) is 11.8 Å². The number of thiophene rings is 5. The molecule has 0 saturated carbocycles. The van der Waals surface area contributed by atoms with E-state index in [9.17, 15) is 24.0 Å². The van der Waals surface area contributed by atoms with E-state index in [4.69, 9.17) is 29.4 Å². The number of imidazole rings is 5. The molecule has 0 bridgehead atoms. The number of hydrogen-bond acceptors (Lipinski definition) is 24. The molecule has 29 nitrogen and oxygen atoms in total. The van der Waals surface area contributed by atoms with Crippen LogP contribution in [0.4, 0.5) is 0 Å². The van der Waals surface area contributed by atoms with Gasteiger partial charge in [0.25, 0.3) is 27.8 Å². The number of ether oxygens (including phenoxy) is 2. The number of H-pyrrole nitrogens is 5. The molecule has 0 aliphatic carbocycles. The van der Waals surface area contributed by atoms with Crippen LogP contribution in [0.2, 0.25) is 0 Å². The van der Waals surface area contributed by atoms with Crippen LogP contribution in [-0.4, -0.2) is 121 Å². The third-order valence-corrected chi connectivity index (χ3v) is 25.3. The molecule has 618 valence electrons. The van der Waals surface area contributed by atoms with Crippen molar-refractivity contribution in [3.05, 3.63) is 265 Å². The van der Waals surface area contributed by atoms with Gasteiger partial charge in [-0.15, -0.1) is 56.7 Å². The van der Waals surface area contributed by atoms with Gasteiger partial charge in [0, 0.05) is 186 Å². The van der Waals surface area contributed by atoms with Gasteiger partial charge in [0.1, 0.15) is 23.5 Å². The minimum atomic E-state index is -0.163. The summed E-state index contributed by atoms with van der Waals surface area (Å²) < 4.78 is 23.1. The molecular weight excluding hydrogens is 1650 g/mol. The highest BCUT2D eigenvalue weighted by Gasteiger charge is 2.25. The van der Waals surface area contributed by atoms with Crippen molar-refractivity contribution < 1.29 is 9.47 Å². The third-order valence-electron chi connectivity index (χ3n) is 20.0. The summed E-state index contributed by atoms with van der Waals surface area (Å²) >= 11 is 7.24. The van der Waals surface area contributed by atoms with Crippen LogP contribution in [0.1, 0.15) is 44.5 Å². The third kappa shape index (κ3) is 16.8. The molecular formula is C89H80N22O7S5. The van der Waals surface area contributed by atoms with E-state index in [2.05, 4.69) is 123 Å². The summed E-state index contributed by atoms with van der Waals surface area (Å²) in [6.07, 6.45) is 21.1. The highest BCUT2D eigenvalue weighted by Crippen LogP contribution is 2.42. The number of methoxy groups -OCH3 is 1. The lowest BCUT2D eigenvalue weighted by molar-refractivity contribution is 0.261. The van der Waals surface area contributed by atoms with E-state index >= 15 is 0 Å². The summed E-state index contributed by atoms with van der Waals surface area (Å²) in [7, 11) is 10.9. The van der Waals surface area contributed by atoms with Crippen LogP contribution in [0, 0.1) is 47.5 Å². The average molecular weight is 1730 g/mol. The normalized spacial score (nSPS) is 11.3. The molecule has 123 heavy (non-hydrogen) atoms. The number of rotatable bonds is 14. The Hall–Kier alpha value is -14.2. The molecule has 17 aromatic heterocycles. The zero-order chi connectivity index (χ0) is 86.2. The van der Waals surface area contributed by atoms with Gasteiger partial charge in [-0.2, -0.15) is 0 Å². The smallest absolute Gasteiger partial charge is 0.269 e. The molecule has 0 spiro atoms. The molecule has 0 amide bonds. The number of aryl methyl sites for hydroxylation is 11. The van der Waals surface area contributed by atoms with Crippen LogP contribution >= 0.6 is 56.7 Å². The standard InChI is InChI=1S/C20H21N5O2S.C18H16N4OS.C17H15N5O2S.2C17H14N4OS/c1-11(2)10-27-14-6-5-13(9-22-14)15-12(3)28-17-16(15)23-18(24-20(17)26)19-21-7-8-25(19)4;1-10-5-4-6-12(9-10)13-11(2)24-15-14(13)20-16(21-18(15)23)17-19-7-8-22(17)3;1-9-12(10-4-5-11(24-3)19-8-10)13-14(25-9)17(23)21-15(20-13)16-18-6-7-22(16)2;1-10-4-3-5-11(8-10)12-9-23-14-13(12)19-15(20-17(14)22)16-18-6-7-21(16)2;1-10-12(11-6-4-3-5-7-11)13-14(23-10)17(22)20-15(19-13)16-18-8-9-21(16)2/h5-9,11H,10H2,1-4H3,(H,23,24,26);4-9H,1-3H3,(H,20,21,23);4-8H,1-3H3,(H,20,21,23);2*3-9H,1-2H3,(H,19,20,22). The lowest BCUT2D eigenvalue weighted by Crippen LogP contribution is -2.09. The molecule has 20 aromatic rings. The van der Waals surface area contributed by atoms with Crippen molar-refractivity contribution in [2.24, 2.45) is 41.2 Å². The number of hydrogen-bond donors (Lipinski definition) is 5. The number of benzene rings is 3. The first-order chi connectivity index (χ1) is 59.3. The van der Waals surface area contributed by atoms with E-state index in [0.29, 0.717) is 117 Å². The fourth-order valence-electron chi connectivity index (χ4n) is 14.1. The predicted octanol–water partition coefficient (Wildman–Crippen LogP) is 16.9. The van der Waals surface area contributed by atoms with Gasteiger partial charge in [0.15, 0.2) is 58.2 Å². The Kier molecular flexibility index (Phi) is 23.4. The summed E-state index contributed by atoms with van der Waals surface area (Å²) in [4.78, 5) is 135. The van der Waals surface area contributed by atoms with Crippen molar-refractivity contribution in [1.82, 2.24) is 108 Å². The molecule has 0 aliphatic heterocycles. The summed E-state index contributed by atoms with van der Waals surface area (Å²) in [5.41, 5.74) is 15.1. The molecule has 0 fully saturated rings. The minimum Gasteiger partial charge on any atom is -0.481 e. The molecule has 0 saturated heterocycles. The highest BCUT2D eigenvalue weighted by atomic mass is 32.1. The van der Waals surface area contributed by atoms with Crippen LogP contribution in [0.15, 0.2) is 207 Å². The first-order valence-electron chi connectivity index (χ1n) is 38.7. The highest BCUT2D eigenvalue weighted by molar-refractivity contribution is 7.20. The maximum Gasteiger partial charge on any atom is 0.269 e. The van der Waals surface area contributed by atoms with Gasteiger partial charge in [-0.05, 0) is 76.3 Å². The molecule has 20 rings (SSSR count). The molecule has 17 heterocycles. The van der Waals surface area contributed by atoms with Crippen molar-refractivity contribution in [2.75, 3.05) is 13.7 Å². The SMILES string of the molecule is COc1ccc(-c2c(C)sc3c(=O)[nH]c(-c4nccn4C)nc23)cn1.Cc1cccc(-c2c(C)sc3c(=O)[nH]c(-c4nccn4C)nc23)c1.Cc1cccc(-c2csc3c(=O)[nH]c(-c4nccn4C)nc23)c1.Cc1sc2c(=O)[nH]c(-c3nccn3C)nc2c1-c1ccc(OCC(C)C)nc1.Cc1sc2c(=O)[nH]c(-c3nccn3C)nc2c1-c1ccccc1. The van der Waals surface area contributed by atoms with E-state index < -0.39 is 0 Å². The van der Waals surface area contributed by atoms with Gasteiger partial charge in [-0.3, -0.25) is 24.0 Å². The lowest BCUT2D eigenvalue weighted by Gasteiger charge is -2.08. The van der Waals surface area contributed by atoms with Crippen LogP contribution < -0.4 is 37.3 Å². The zero-order valence-electron chi connectivity index (χ0n) is 69.1. The Morgan fingerprint density at radius 3 is 1.02 bits per heavy atom. The molecule has 0 radical (unpaired) electrons. The minimum absolute atomic E-state index is 0.120. The monoisotopic (exact) mass is 1730 g/mol. The van der Waals surface area contributed by atoms with Gasteiger partial charge in [-0.1, -0.05) is 104 Å². The van der Waals surface area contributed by atoms with Crippen LogP contribution in [0.3, 0.4) is 0 Å². The largest absolute Gasteiger partial charge is 0.481 e. The van der Waals surface area contributed by atoms with E-state index in [1.54, 1.807) is 56.6 Å². The predicted molar refractivity (Wildman–Crippen MR) is 490 cm³/mol. The Labute approximate surface area is 721 Å². The van der Waals surface area contributed by atoms with Crippen molar-refractivity contribution in [1.29, 1.82) is 0 Å².